The number of rotatable bonds is 5. The summed E-state index contributed by atoms with van der Waals surface area (Å²) in [5.41, 5.74) is 11.5. The molecule has 104 valence electrons. The Morgan fingerprint density at radius 1 is 1.32 bits per heavy atom. The number of esters is 1. The Kier molecular flexibility index (Phi) is 4.50. The van der Waals surface area contributed by atoms with Crippen LogP contribution in [0.3, 0.4) is 0 Å². The zero-order chi connectivity index (χ0) is 14.6. The second-order valence-electron chi connectivity index (χ2n) is 4.92. The molecule has 1 rings (SSSR count). The number of anilines is 1. The van der Waals surface area contributed by atoms with Gasteiger partial charge in [0.2, 0.25) is 6.04 Å². The predicted octanol–water partition coefficient (Wildman–Crippen LogP) is 0.545. The van der Waals surface area contributed by atoms with Crippen LogP contribution >= 0.6 is 0 Å². The van der Waals surface area contributed by atoms with Crippen molar-refractivity contribution in [2.24, 2.45) is 5.73 Å². The first-order valence-corrected chi connectivity index (χ1v) is 5.77. The molecule has 6 nitrogen and oxygen atoms in total. The number of carboxylic acid groups (broad SMARTS) is 1. The number of benzene rings is 1. The number of carbonyl (C=O) groups is 2. The van der Waals surface area contributed by atoms with Crippen molar-refractivity contribution in [3.8, 4) is 0 Å². The van der Waals surface area contributed by atoms with E-state index in [2.05, 4.69) is 0 Å². The van der Waals surface area contributed by atoms with Gasteiger partial charge in [0.05, 0.1) is 0 Å². The van der Waals surface area contributed by atoms with E-state index in [4.69, 9.17) is 21.3 Å². The topological polar surface area (TPSA) is 116 Å². The minimum Gasteiger partial charge on any atom is -0.480 e. The van der Waals surface area contributed by atoms with E-state index < -0.39 is 23.6 Å². The lowest BCUT2D eigenvalue weighted by molar-refractivity contribution is -0.163. The third-order valence-corrected chi connectivity index (χ3v) is 2.51. The Morgan fingerprint density at radius 3 is 2.32 bits per heavy atom. The van der Waals surface area contributed by atoms with Gasteiger partial charge in [-0.1, -0.05) is 12.1 Å². The monoisotopic (exact) mass is 266 g/mol. The number of aliphatic carboxylic acids is 1. The largest absolute Gasteiger partial charge is 0.480 e. The van der Waals surface area contributed by atoms with Crippen molar-refractivity contribution in [3.63, 3.8) is 0 Å². The van der Waals surface area contributed by atoms with E-state index in [1.54, 1.807) is 26.0 Å². The van der Waals surface area contributed by atoms with Crippen molar-refractivity contribution in [2.75, 3.05) is 5.73 Å². The van der Waals surface area contributed by atoms with Gasteiger partial charge in [-0.05, 0) is 31.5 Å². The van der Waals surface area contributed by atoms with Crippen LogP contribution in [0.1, 0.15) is 19.4 Å². The quantitative estimate of drug-likeness (QED) is 0.407. The summed E-state index contributed by atoms with van der Waals surface area (Å²) in [5, 5.41) is 8.63. The number of carbonyl (C=O) groups excluding carboxylic acids is 1. The molecule has 6 heteroatoms. The molecule has 0 bridgehead atoms. The molecule has 0 aliphatic heterocycles. The van der Waals surface area contributed by atoms with Gasteiger partial charge >= 0.3 is 11.9 Å². The van der Waals surface area contributed by atoms with E-state index in [1.807, 2.05) is 12.1 Å². The summed E-state index contributed by atoms with van der Waals surface area (Å²) < 4.78 is 5.12. The van der Waals surface area contributed by atoms with Gasteiger partial charge in [0.15, 0.2) is 0 Å². The normalized spacial score (nSPS) is 12.8. The maximum atomic E-state index is 11.5. The Balaban J connectivity index is 2.68. The van der Waals surface area contributed by atoms with Crippen LogP contribution in [-0.2, 0) is 20.7 Å². The van der Waals surface area contributed by atoms with Crippen LogP contribution in [0.5, 0.6) is 0 Å². The van der Waals surface area contributed by atoms with Crippen molar-refractivity contribution in [1.29, 1.82) is 0 Å². The third kappa shape index (κ3) is 4.59. The van der Waals surface area contributed by atoms with Gasteiger partial charge in [-0.2, -0.15) is 0 Å². The highest BCUT2D eigenvalue weighted by Crippen LogP contribution is 2.18. The molecule has 1 aromatic carbocycles. The van der Waals surface area contributed by atoms with Crippen LogP contribution < -0.4 is 11.5 Å². The fourth-order valence-corrected chi connectivity index (χ4v) is 1.60. The SMILES string of the molecule is CC(C)(Cc1ccc(N)cc1)OC(=O)[C@H](N)C(=O)O. The Labute approximate surface area is 111 Å². The maximum absolute atomic E-state index is 11.5. The van der Waals surface area contributed by atoms with Crippen molar-refractivity contribution >= 4 is 17.6 Å². The predicted molar refractivity (Wildman–Crippen MR) is 70.3 cm³/mol. The smallest absolute Gasteiger partial charge is 0.335 e. The summed E-state index contributed by atoms with van der Waals surface area (Å²) in [6, 6.07) is 5.47. The van der Waals surface area contributed by atoms with Crippen LogP contribution in [0.15, 0.2) is 24.3 Å². The van der Waals surface area contributed by atoms with Crippen molar-refractivity contribution in [2.45, 2.75) is 31.9 Å². The molecule has 1 atom stereocenters. The Bertz CT molecular complexity index is 468. The van der Waals surface area contributed by atoms with Crippen LogP contribution in [0.25, 0.3) is 0 Å². The van der Waals surface area contributed by atoms with Crippen molar-refractivity contribution in [1.82, 2.24) is 0 Å². The number of carboxylic acids is 1. The standard InChI is InChI=1S/C13H18N2O4/c1-13(2,19-12(18)10(15)11(16)17)7-8-3-5-9(14)6-4-8/h3-6,10H,7,14-15H2,1-2H3,(H,16,17)/t10-/m1/s1. The highest BCUT2D eigenvalue weighted by atomic mass is 16.6. The molecular formula is C13H18N2O4. The van der Waals surface area contributed by atoms with E-state index in [9.17, 15) is 9.59 Å². The van der Waals surface area contributed by atoms with E-state index in [0.717, 1.165) is 5.56 Å². The Morgan fingerprint density at radius 2 is 1.84 bits per heavy atom. The molecule has 0 fully saturated rings. The van der Waals surface area contributed by atoms with Crippen molar-refractivity contribution in [3.05, 3.63) is 29.8 Å². The highest BCUT2D eigenvalue weighted by molar-refractivity contribution is 5.98. The summed E-state index contributed by atoms with van der Waals surface area (Å²) in [6.07, 6.45) is 0.436. The molecule has 0 aliphatic rings. The maximum Gasteiger partial charge on any atom is 0.335 e. The van der Waals surface area contributed by atoms with Crippen LogP contribution in [-0.4, -0.2) is 28.7 Å². The molecule has 0 radical (unpaired) electrons. The van der Waals surface area contributed by atoms with E-state index in [-0.39, 0.29) is 0 Å². The lowest BCUT2D eigenvalue weighted by atomic mass is 9.98. The lowest BCUT2D eigenvalue weighted by Crippen LogP contribution is -2.44. The molecular weight excluding hydrogens is 248 g/mol. The zero-order valence-corrected chi connectivity index (χ0v) is 10.9. The molecule has 0 aliphatic carbocycles. The Hall–Kier alpha value is -2.08. The van der Waals surface area contributed by atoms with E-state index in [0.29, 0.717) is 12.1 Å². The molecule has 0 saturated heterocycles. The highest BCUT2D eigenvalue weighted by Gasteiger charge is 2.30. The number of ether oxygens (including phenoxy) is 1. The fourth-order valence-electron chi connectivity index (χ4n) is 1.60. The summed E-state index contributed by atoms with van der Waals surface area (Å²) in [7, 11) is 0. The first-order valence-electron chi connectivity index (χ1n) is 5.77. The van der Waals surface area contributed by atoms with Gasteiger partial charge in [0.25, 0.3) is 0 Å². The zero-order valence-electron chi connectivity index (χ0n) is 10.9. The van der Waals surface area contributed by atoms with Gasteiger partial charge in [0, 0.05) is 12.1 Å². The molecule has 0 heterocycles. The van der Waals surface area contributed by atoms with E-state index in [1.165, 1.54) is 0 Å². The summed E-state index contributed by atoms with van der Waals surface area (Å²) in [4.78, 5) is 22.1. The molecule has 0 aromatic heterocycles. The fraction of sp³-hybridized carbons (Fsp3) is 0.385. The average Bonchev–Trinajstić information content (AvgIpc) is 2.30. The molecule has 1 aromatic rings. The summed E-state index contributed by atoms with van der Waals surface area (Å²) in [6.45, 7) is 3.38. The minimum absolute atomic E-state index is 0.436. The average molecular weight is 266 g/mol. The second-order valence-corrected chi connectivity index (χ2v) is 4.92. The van der Waals surface area contributed by atoms with Gasteiger partial charge in [-0.15, -0.1) is 0 Å². The van der Waals surface area contributed by atoms with Crippen molar-refractivity contribution < 1.29 is 19.4 Å². The number of hydrogen-bond donors (Lipinski definition) is 3. The minimum atomic E-state index is -1.66. The third-order valence-electron chi connectivity index (χ3n) is 2.51. The molecule has 5 N–H and O–H groups in total. The number of nitrogen functional groups attached to an aromatic ring is 1. The van der Waals surface area contributed by atoms with E-state index >= 15 is 0 Å². The van der Waals surface area contributed by atoms with Gasteiger partial charge in [-0.3, -0.25) is 0 Å². The molecule has 0 amide bonds. The van der Waals surface area contributed by atoms with Gasteiger partial charge in [-0.25, -0.2) is 9.59 Å². The number of nitrogens with two attached hydrogens (primary N) is 2. The first kappa shape index (κ1) is 15.0. The molecule has 0 spiro atoms. The number of hydrogen-bond acceptors (Lipinski definition) is 5. The first-order chi connectivity index (χ1) is 8.71. The van der Waals surface area contributed by atoms with Crippen LogP contribution in [0.2, 0.25) is 0 Å². The van der Waals surface area contributed by atoms with Gasteiger partial charge < -0.3 is 21.3 Å². The lowest BCUT2D eigenvalue weighted by Gasteiger charge is -2.26. The molecule has 19 heavy (non-hydrogen) atoms. The van der Waals surface area contributed by atoms with Gasteiger partial charge in [0.1, 0.15) is 5.60 Å². The van der Waals surface area contributed by atoms with Crippen LogP contribution in [0, 0.1) is 0 Å². The summed E-state index contributed by atoms with van der Waals surface area (Å²) in [5.74, 6) is -2.36. The summed E-state index contributed by atoms with van der Waals surface area (Å²) >= 11 is 0. The molecule has 0 unspecified atom stereocenters. The molecule has 0 saturated carbocycles. The second kappa shape index (κ2) is 5.71. The van der Waals surface area contributed by atoms with Crippen LogP contribution in [0.4, 0.5) is 5.69 Å².